The minimum Gasteiger partial charge on any atom is -0.349 e. The Balaban J connectivity index is 1.90. The third-order valence-corrected chi connectivity index (χ3v) is 6.22. The van der Waals surface area contributed by atoms with Crippen LogP contribution in [0.2, 0.25) is 0 Å². The fourth-order valence-electron chi connectivity index (χ4n) is 2.63. The zero-order valence-corrected chi connectivity index (χ0v) is 14.9. The van der Waals surface area contributed by atoms with Crippen LogP contribution in [0.15, 0.2) is 29.2 Å². The first-order chi connectivity index (χ1) is 11.3. The van der Waals surface area contributed by atoms with Gasteiger partial charge >= 0.3 is 0 Å². The third kappa shape index (κ3) is 4.75. The summed E-state index contributed by atoms with van der Waals surface area (Å²) in [7, 11) is -3.60. The van der Waals surface area contributed by atoms with E-state index in [9.17, 15) is 17.6 Å². The van der Waals surface area contributed by atoms with E-state index in [1.54, 1.807) is 0 Å². The smallest absolute Gasteiger partial charge is 0.275 e. The first-order valence-corrected chi connectivity index (χ1v) is 9.65. The monoisotopic (exact) mass is 358 g/mol. The number of nitrogens with zero attached hydrogens (tertiary/aromatic N) is 1. The van der Waals surface area contributed by atoms with Gasteiger partial charge in [-0.15, -0.1) is 0 Å². The van der Waals surface area contributed by atoms with Crippen LogP contribution in [0.25, 0.3) is 0 Å². The molecule has 0 aliphatic carbocycles. The molecule has 1 aromatic rings. The van der Waals surface area contributed by atoms with Crippen molar-refractivity contribution >= 4 is 15.9 Å². The van der Waals surface area contributed by atoms with Gasteiger partial charge < -0.3 is 10.2 Å². The minimum atomic E-state index is -3.60. The van der Waals surface area contributed by atoms with E-state index in [-0.39, 0.29) is 16.8 Å². The maximum absolute atomic E-state index is 13.0. The topological polar surface area (TPSA) is 70.9 Å². The molecule has 2 N–H and O–H groups in total. The molecule has 0 radical (unpaired) electrons. The predicted molar refractivity (Wildman–Crippen MR) is 88.6 cm³/mol. The average Bonchev–Trinajstić information content (AvgIpc) is 2.55. The lowest BCUT2D eigenvalue weighted by atomic mass is 10.2. The zero-order chi connectivity index (χ0) is 17.7. The Kier molecular flexibility index (Phi) is 6.31. The number of benzene rings is 1. The maximum atomic E-state index is 13.0. The van der Waals surface area contributed by atoms with Crippen molar-refractivity contribution in [1.29, 1.82) is 0 Å². The number of rotatable bonds is 6. The Morgan fingerprint density at radius 1 is 1.29 bits per heavy atom. The van der Waals surface area contributed by atoms with Crippen molar-refractivity contribution < 1.29 is 22.5 Å². The van der Waals surface area contributed by atoms with Crippen LogP contribution < -0.4 is 10.2 Å². The van der Waals surface area contributed by atoms with Gasteiger partial charge in [0.1, 0.15) is 5.82 Å². The summed E-state index contributed by atoms with van der Waals surface area (Å²) in [6, 6.07) is 5.01. The molecule has 24 heavy (non-hydrogen) atoms. The summed E-state index contributed by atoms with van der Waals surface area (Å²) in [5.41, 5.74) is 0. The highest BCUT2D eigenvalue weighted by atomic mass is 32.2. The molecule has 1 aliphatic heterocycles. The van der Waals surface area contributed by atoms with Gasteiger partial charge in [-0.05, 0) is 37.6 Å². The standard InChI is InChI=1S/C16H24FN3O3S/c1-3-13(2)18-16(21)12-19-8-10-20(11-9-19)24(22,23)15-6-4-14(17)5-7-15/h4-7,13H,3,8-12H2,1-2H3,(H,18,21)/p+1/t13-/m1/s1. The van der Waals surface area contributed by atoms with Crippen molar-refractivity contribution in [2.24, 2.45) is 0 Å². The number of quaternary nitrogens is 1. The van der Waals surface area contributed by atoms with Crippen LogP contribution in [-0.2, 0) is 14.8 Å². The lowest BCUT2D eigenvalue weighted by molar-refractivity contribution is -0.895. The number of carbonyl (C=O) groups excluding carboxylic acids is 1. The summed E-state index contributed by atoms with van der Waals surface area (Å²) in [5, 5.41) is 2.92. The van der Waals surface area contributed by atoms with Crippen LogP contribution in [-0.4, -0.2) is 57.4 Å². The van der Waals surface area contributed by atoms with E-state index in [1.165, 1.54) is 16.4 Å². The molecule has 6 nitrogen and oxygen atoms in total. The molecule has 8 heteroatoms. The summed E-state index contributed by atoms with van der Waals surface area (Å²) in [4.78, 5) is 13.1. The highest BCUT2D eigenvalue weighted by Crippen LogP contribution is 2.15. The predicted octanol–water partition coefficient (Wildman–Crippen LogP) is -0.370. The van der Waals surface area contributed by atoms with Crippen LogP contribution in [0.4, 0.5) is 4.39 Å². The molecule has 0 spiro atoms. The Bertz CT molecular complexity index is 656. The number of hydrogen-bond acceptors (Lipinski definition) is 3. The summed E-state index contributed by atoms with van der Waals surface area (Å²) < 4.78 is 39.4. The molecule has 0 aromatic heterocycles. The quantitative estimate of drug-likeness (QED) is 0.729. The summed E-state index contributed by atoms with van der Waals surface area (Å²) in [5.74, 6) is -0.468. The van der Waals surface area contributed by atoms with Gasteiger partial charge in [-0.1, -0.05) is 6.92 Å². The molecule has 1 heterocycles. The van der Waals surface area contributed by atoms with E-state index in [2.05, 4.69) is 5.32 Å². The van der Waals surface area contributed by atoms with Crippen molar-refractivity contribution in [2.45, 2.75) is 31.2 Å². The number of carbonyl (C=O) groups is 1. The second kappa shape index (κ2) is 8.04. The first-order valence-electron chi connectivity index (χ1n) is 8.21. The molecule has 1 fully saturated rings. The first kappa shape index (κ1) is 18.8. The second-order valence-electron chi connectivity index (χ2n) is 6.16. The fraction of sp³-hybridized carbons (Fsp3) is 0.562. The molecule has 1 atom stereocenters. The SMILES string of the molecule is CC[C@@H](C)NC(=O)C[NH+]1CCN(S(=O)(=O)c2ccc(F)cc2)CC1. The molecule has 1 amide bonds. The largest absolute Gasteiger partial charge is 0.349 e. The average molecular weight is 358 g/mol. The number of nitrogens with one attached hydrogen (secondary N) is 2. The van der Waals surface area contributed by atoms with Gasteiger partial charge in [-0.3, -0.25) is 4.79 Å². The second-order valence-corrected chi connectivity index (χ2v) is 8.10. The van der Waals surface area contributed by atoms with Crippen LogP contribution in [0.3, 0.4) is 0 Å². The number of piperazine rings is 1. The minimum absolute atomic E-state index is 0.00538. The maximum Gasteiger partial charge on any atom is 0.275 e. The van der Waals surface area contributed by atoms with Gasteiger partial charge in [0, 0.05) is 6.04 Å². The van der Waals surface area contributed by atoms with Crippen molar-refractivity contribution in [3.63, 3.8) is 0 Å². The van der Waals surface area contributed by atoms with E-state index in [4.69, 9.17) is 0 Å². The van der Waals surface area contributed by atoms with Gasteiger partial charge in [-0.2, -0.15) is 4.31 Å². The van der Waals surface area contributed by atoms with Gasteiger partial charge in [0.25, 0.3) is 5.91 Å². The molecule has 0 unspecified atom stereocenters. The Morgan fingerprint density at radius 3 is 2.42 bits per heavy atom. The molecule has 2 rings (SSSR count). The molecule has 134 valence electrons. The van der Waals surface area contributed by atoms with E-state index in [0.717, 1.165) is 23.5 Å². The van der Waals surface area contributed by atoms with E-state index in [1.807, 2.05) is 13.8 Å². The van der Waals surface area contributed by atoms with Crippen molar-refractivity contribution in [1.82, 2.24) is 9.62 Å². The molecule has 0 bridgehead atoms. The van der Waals surface area contributed by atoms with Gasteiger partial charge in [0.05, 0.1) is 31.1 Å². The highest BCUT2D eigenvalue weighted by molar-refractivity contribution is 7.89. The highest BCUT2D eigenvalue weighted by Gasteiger charge is 2.31. The lowest BCUT2D eigenvalue weighted by Gasteiger charge is -2.31. The Hall–Kier alpha value is -1.51. The normalized spacial score (nSPS) is 18.3. The van der Waals surface area contributed by atoms with E-state index < -0.39 is 15.8 Å². The van der Waals surface area contributed by atoms with Crippen LogP contribution in [0.5, 0.6) is 0 Å². The number of halogens is 1. The summed E-state index contributed by atoms with van der Waals surface area (Å²) in [6.45, 7) is 6.19. The Labute approximate surface area is 142 Å². The zero-order valence-electron chi connectivity index (χ0n) is 14.1. The molecular formula is C16H25FN3O3S+. The third-order valence-electron chi connectivity index (χ3n) is 4.31. The number of sulfonamides is 1. The van der Waals surface area contributed by atoms with E-state index >= 15 is 0 Å². The summed E-state index contributed by atoms with van der Waals surface area (Å²) in [6.07, 6.45) is 0.880. The van der Waals surface area contributed by atoms with Crippen molar-refractivity contribution in [3.8, 4) is 0 Å². The van der Waals surface area contributed by atoms with Gasteiger partial charge in [-0.25, -0.2) is 12.8 Å². The van der Waals surface area contributed by atoms with Crippen LogP contribution >= 0.6 is 0 Å². The van der Waals surface area contributed by atoms with Crippen molar-refractivity contribution in [3.05, 3.63) is 30.1 Å². The van der Waals surface area contributed by atoms with E-state index in [0.29, 0.717) is 32.7 Å². The molecule has 1 aliphatic rings. The van der Waals surface area contributed by atoms with Crippen LogP contribution in [0.1, 0.15) is 20.3 Å². The van der Waals surface area contributed by atoms with Gasteiger partial charge in [0.2, 0.25) is 10.0 Å². The van der Waals surface area contributed by atoms with Gasteiger partial charge in [0.15, 0.2) is 6.54 Å². The molecule has 1 saturated heterocycles. The fourth-order valence-corrected chi connectivity index (χ4v) is 4.07. The lowest BCUT2D eigenvalue weighted by Crippen LogP contribution is -3.15. The molecule has 0 saturated carbocycles. The molecular weight excluding hydrogens is 333 g/mol. The van der Waals surface area contributed by atoms with Crippen LogP contribution in [0, 0.1) is 5.82 Å². The number of hydrogen-bond donors (Lipinski definition) is 2. The summed E-state index contributed by atoms with van der Waals surface area (Å²) >= 11 is 0. The van der Waals surface area contributed by atoms with Crippen molar-refractivity contribution in [2.75, 3.05) is 32.7 Å². The number of amides is 1. The Morgan fingerprint density at radius 2 is 1.88 bits per heavy atom. The molecule has 1 aromatic carbocycles.